The van der Waals surface area contributed by atoms with Crippen molar-refractivity contribution < 1.29 is 13.6 Å². The SMILES string of the molecule is O=C(CCSc1ccc(F)cc1)N1CCCN(Cc2ccc(F)cc2)CC1. The van der Waals surface area contributed by atoms with Gasteiger partial charge in [-0.3, -0.25) is 9.69 Å². The zero-order chi connectivity index (χ0) is 19.1. The number of hydrogen-bond acceptors (Lipinski definition) is 3. The number of thioether (sulfide) groups is 1. The molecule has 0 bridgehead atoms. The number of halogens is 2. The van der Waals surface area contributed by atoms with E-state index in [4.69, 9.17) is 0 Å². The molecule has 0 aliphatic carbocycles. The molecular weight excluding hydrogens is 366 g/mol. The second kappa shape index (κ2) is 9.85. The molecule has 1 aliphatic heterocycles. The van der Waals surface area contributed by atoms with Gasteiger partial charge in [0.2, 0.25) is 5.91 Å². The predicted octanol–water partition coefficient (Wildman–Crippen LogP) is 4.18. The third kappa shape index (κ3) is 6.33. The van der Waals surface area contributed by atoms with Crippen molar-refractivity contribution in [2.75, 3.05) is 31.9 Å². The van der Waals surface area contributed by atoms with E-state index in [1.807, 2.05) is 17.0 Å². The van der Waals surface area contributed by atoms with Gasteiger partial charge in [-0.1, -0.05) is 12.1 Å². The van der Waals surface area contributed by atoms with E-state index in [2.05, 4.69) is 4.90 Å². The highest BCUT2D eigenvalue weighted by molar-refractivity contribution is 7.99. The van der Waals surface area contributed by atoms with Crippen LogP contribution in [0, 0.1) is 11.6 Å². The van der Waals surface area contributed by atoms with Gasteiger partial charge in [0.1, 0.15) is 11.6 Å². The smallest absolute Gasteiger partial charge is 0.223 e. The highest BCUT2D eigenvalue weighted by Gasteiger charge is 2.19. The van der Waals surface area contributed by atoms with Crippen molar-refractivity contribution in [2.24, 2.45) is 0 Å². The molecule has 2 aromatic carbocycles. The zero-order valence-electron chi connectivity index (χ0n) is 15.2. The molecule has 0 atom stereocenters. The summed E-state index contributed by atoms with van der Waals surface area (Å²) in [6.07, 6.45) is 1.43. The first-order valence-corrected chi connectivity index (χ1v) is 10.2. The number of carbonyl (C=O) groups is 1. The van der Waals surface area contributed by atoms with Gasteiger partial charge in [0.05, 0.1) is 0 Å². The third-order valence-corrected chi connectivity index (χ3v) is 5.67. The average Bonchev–Trinajstić information content (AvgIpc) is 2.91. The minimum atomic E-state index is -0.245. The number of hydrogen-bond donors (Lipinski definition) is 0. The summed E-state index contributed by atoms with van der Waals surface area (Å²) in [6, 6.07) is 13.0. The fourth-order valence-electron chi connectivity index (χ4n) is 3.17. The van der Waals surface area contributed by atoms with E-state index < -0.39 is 0 Å². The quantitative estimate of drug-likeness (QED) is 0.692. The van der Waals surface area contributed by atoms with Crippen LogP contribution >= 0.6 is 11.8 Å². The van der Waals surface area contributed by atoms with E-state index in [9.17, 15) is 13.6 Å². The molecule has 0 unspecified atom stereocenters. The Morgan fingerprint density at radius 3 is 2.26 bits per heavy atom. The molecule has 27 heavy (non-hydrogen) atoms. The molecule has 1 aliphatic rings. The van der Waals surface area contributed by atoms with Gasteiger partial charge in [-0.15, -0.1) is 11.8 Å². The Hall–Kier alpha value is -1.92. The van der Waals surface area contributed by atoms with E-state index in [1.54, 1.807) is 23.9 Å². The molecule has 2 aromatic rings. The van der Waals surface area contributed by atoms with Crippen LogP contribution in [0.15, 0.2) is 53.4 Å². The Morgan fingerprint density at radius 2 is 1.56 bits per heavy atom. The van der Waals surface area contributed by atoms with Crippen LogP contribution in [0.5, 0.6) is 0 Å². The van der Waals surface area contributed by atoms with E-state index in [0.29, 0.717) is 12.2 Å². The third-order valence-electron chi connectivity index (χ3n) is 4.66. The van der Waals surface area contributed by atoms with Crippen LogP contribution in [0.4, 0.5) is 8.78 Å². The molecule has 144 valence electrons. The van der Waals surface area contributed by atoms with Gasteiger partial charge in [-0.05, 0) is 48.4 Å². The summed E-state index contributed by atoms with van der Waals surface area (Å²) < 4.78 is 25.9. The molecule has 0 N–H and O–H groups in total. The van der Waals surface area contributed by atoms with Crippen molar-refractivity contribution in [2.45, 2.75) is 24.3 Å². The first kappa shape index (κ1) is 19.8. The Balaban J connectivity index is 1.42. The number of amides is 1. The van der Waals surface area contributed by atoms with Gasteiger partial charge in [-0.2, -0.15) is 0 Å². The highest BCUT2D eigenvalue weighted by Crippen LogP contribution is 2.19. The second-order valence-corrected chi connectivity index (χ2v) is 7.86. The molecule has 0 spiro atoms. The van der Waals surface area contributed by atoms with Gasteiger partial charge in [-0.25, -0.2) is 8.78 Å². The van der Waals surface area contributed by atoms with Crippen LogP contribution in [0.3, 0.4) is 0 Å². The highest BCUT2D eigenvalue weighted by atomic mass is 32.2. The summed E-state index contributed by atoms with van der Waals surface area (Å²) in [7, 11) is 0. The van der Waals surface area contributed by atoms with E-state index >= 15 is 0 Å². The lowest BCUT2D eigenvalue weighted by Crippen LogP contribution is -2.35. The average molecular weight is 390 g/mol. The standard InChI is InChI=1S/C21H24F2N2OS/c22-18-4-2-17(3-5-18)16-24-11-1-12-25(14-13-24)21(26)10-15-27-20-8-6-19(23)7-9-20/h2-9H,1,10-16H2. The van der Waals surface area contributed by atoms with Gasteiger partial charge in [0.25, 0.3) is 0 Å². The Kier molecular flexibility index (Phi) is 7.24. The number of nitrogens with zero attached hydrogens (tertiary/aromatic N) is 2. The lowest BCUT2D eigenvalue weighted by Gasteiger charge is -2.22. The molecule has 1 fully saturated rings. The summed E-state index contributed by atoms with van der Waals surface area (Å²) in [5, 5.41) is 0. The largest absolute Gasteiger partial charge is 0.341 e. The predicted molar refractivity (Wildman–Crippen MR) is 105 cm³/mol. The maximum atomic E-state index is 13.0. The maximum Gasteiger partial charge on any atom is 0.223 e. The molecule has 1 amide bonds. The monoisotopic (exact) mass is 390 g/mol. The Morgan fingerprint density at radius 1 is 0.889 bits per heavy atom. The summed E-state index contributed by atoms with van der Waals surface area (Å²) in [5.41, 5.74) is 1.09. The summed E-state index contributed by atoms with van der Waals surface area (Å²) in [5.74, 6) is 0.406. The molecule has 1 heterocycles. The molecular formula is C21H24F2N2OS. The van der Waals surface area contributed by atoms with Crippen molar-refractivity contribution in [1.82, 2.24) is 9.80 Å². The molecule has 0 radical (unpaired) electrons. The van der Waals surface area contributed by atoms with E-state index in [-0.39, 0.29) is 17.5 Å². The normalized spacial score (nSPS) is 15.6. The fourth-order valence-corrected chi connectivity index (χ4v) is 4.01. The number of benzene rings is 2. The molecule has 6 heteroatoms. The lowest BCUT2D eigenvalue weighted by molar-refractivity contribution is -0.130. The minimum absolute atomic E-state index is 0.174. The molecule has 3 nitrogen and oxygen atoms in total. The first-order valence-electron chi connectivity index (χ1n) is 9.23. The first-order chi connectivity index (χ1) is 13.1. The Bertz CT molecular complexity index is 737. The maximum absolute atomic E-state index is 13.0. The minimum Gasteiger partial charge on any atom is -0.341 e. The fraction of sp³-hybridized carbons (Fsp3) is 0.381. The van der Waals surface area contributed by atoms with Crippen LogP contribution in [-0.2, 0) is 11.3 Å². The van der Waals surface area contributed by atoms with Crippen LogP contribution in [0.2, 0.25) is 0 Å². The molecule has 0 saturated carbocycles. The topological polar surface area (TPSA) is 23.6 Å². The van der Waals surface area contributed by atoms with Crippen molar-refractivity contribution >= 4 is 17.7 Å². The zero-order valence-corrected chi connectivity index (χ0v) is 16.1. The van der Waals surface area contributed by atoms with Crippen molar-refractivity contribution in [3.05, 3.63) is 65.7 Å². The van der Waals surface area contributed by atoms with Crippen LogP contribution in [-0.4, -0.2) is 47.6 Å². The van der Waals surface area contributed by atoms with Crippen LogP contribution < -0.4 is 0 Å². The van der Waals surface area contributed by atoms with Crippen LogP contribution in [0.25, 0.3) is 0 Å². The summed E-state index contributed by atoms with van der Waals surface area (Å²) >= 11 is 1.57. The number of rotatable bonds is 6. The van der Waals surface area contributed by atoms with Crippen LogP contribution in [0.1, 0.15) is 18.4 Å². The molecule has 3 rings (SSSR count). The molecule has 1 saturated heterocycles. The van der Waals surface area contributed by atoms with Crippen molar-refractivity contribution in [3.8, 4) is 0 Å². The van der Waals surface area contributed by atoms with Gasteiger partial charge >= 0.3 is 0 Å². The van der Waals surface area contributed by atoms with Gasteiger partial charge < -0.3 is 4.90 Å². The van der Waals surface area contributed by atoms with Gasteiger partial charge in [0.15, 0.2) is 0 Å². The lowest BCUT2D eigenvalue weighted by atomic mass is 10.2. The number of carbonyl (C=O) groups excluding carboxylic acids is 1. The summed E-state index contributed by atoms with van der Waals surface area (Å²) in [4.78, 5) is 17.7. The van der Waals surface area contributed by atoms with Gasteiger partial charge in [0, 0.05) is 49.8 Å². The summed E-state index contributed by atoms with van der Waals surface area (Å²) in [6.45, 7) is 4.05. The second-order valence-electron chi connectivity index (χ2n) is 6.69. The van der Waals surface area contributed by atoms with Crippen molar-refractivity contribution in [1.29, 1.82) is 0 Å². The van der Waals surface area contributed by atoms with E-state index in [1.165, 1.54) is 24.3 Å². The molecule has 0 aromatic heterocycles. The Labute approximate surface area is 163 Å². The van der Waals surface area contributed by atoms with E-state index in [0.717, 1.165) is 49.6 Å². The van der Waals surface area contributed by atoms with Crippen molar-refractivity contribution in [3.63, 3.8) is 0 Å².